The smallest absolute Gasteiger partial charge is 0.411 e. The number of fused-ring (bicyclic) bond motifs is 1. The van der Waals surface area contributed by atoms with Crippen LogP contribution in [0.4, 0.5) is 4.79 Å². The maximum absolute atomic E-state index is 12.7. The first-order valence-electron chi connectivity index (χ1n) is 9.26. The van der Waals surface area contributed by atoms with Gasteiger partial charge in [0.15, 0.2) is 0 Å². The van der Waals surface area contributed by atoms with Crippen molar-refractivity contribution in [3.05, 3.63) is 35.9 Å². The molecule has 0 aliphatic carbocycles. The van der Waals surface area contributed by atoms with Gasteiger partial charge < -0.3 is 19.3 Å². The van der Waals surface area contributed by atoms with Crippen LogP contribution in [0.25, 0.3) is 0 Å². The summed E-state index contributed by atoms with van der Waals surface area (Å²) >= 11 is 0. The van der Waals surface area contributed by atoms with Crippen molar-refractivity contribution in [2.24, 2.45) is 0 Å². The van der Waals surface area contributed by atoms with Crippen molar-refractivity contribution in [3.63, 3.8) is 0 Å². The van der Waals surface area contributed by atoms with E-state index in [-0.39, 0.29) is 24.7 Å². The minimum absolute atomic E-state index is 0.205. The summed E-state index contributed by atoms with van der Waals surface area (Å²) in [4.78, 5) is 25.7. The van der Waals surface area contributed by atoms with Crippen molar-refractivity contribution in [2.45, 2.75) is 70.1 Å². The number of hydrogen-bond donors (Lipinski definition) is 1. The normalized spacial score (nSPS) is 27.9. The number of carboxylic acid groups (broad SMARTS) is 1. The molecule has 1 aromatic carbocycles. The van der Waals surface area contributed by atoms with E-state index in [9.17, 15) is 14.7 Å². The molecule has 0 spiro atoms. The number of ether oxygens (including phenoxy) is 3. The van der Waals surface area contributed by atoms with Crippen molar-refractivity contribution < 1.29 is 28.9 Å². The van der Waals surface area contributed by atoms with Gasteiger partial charge in [-0.05, 0) is 32.8 Å². The Kier molecular flexibility index (Phi) is 5.72. The zero-order chi connectivity index (χ0) is 19.6. The number of hydrogen-bond acceptors (Lipinski definition) is 5. The predicted octanol–water partition coefficient (Wildman–Crippen LogP) is 2.82. The third-order valence-electron chi connectivity index (χ3n) is 4.80. The molecule has 1 aromatic rings. The second-order valence-corrected chi connectivity index (χ2v) is 8.07. The molecule has 1 unspecified atom stereocenters. The van der Waals surface area contributed by atoms with Crippen LogP contribution in [0.1, 0.15) is 39.2 Å². The first kappa shape index (κ1) is 19.6. The van der Waals surface area contributed by atoms with Gasteiger partial charge in [-0.1, -0.05) is 30.3 Å². The van der Waals surface area contributed by atoms with Crippen molar-refractivity contribution in [2.75, 3.05) is 6.61 Å². The molecule has 1 amide bonds. The molecule has 0 saturated carbocycles. The SMILES string of the molecule is CC(C)(C)OC(=O)N1C(C(=O)O)C[C@H]2OC[C@H](OCc3ccccc3)C[C@H]21. The number of amides is 1. The number of nitrogens with zero attached hydrogens (tertiary/aromatic N) is 1. The summed E-state index contributed by atoms with van der Waals surface area (Å²) in [6, 6.07) is 8.50. The molecular weight excluding hydrogens is 350 g/mol. The van der Waals surface area contributed by atoms with Crippen LogP contribution in [0.2, 0.25) is 0 Å². The Morgan fingerprint density at radius 3 is 2.56 bits per heavy atom. The molecule has 2 fully saturated rings. The van der Waals surface area contributed by atoms with Gasteiger partial charge in [0.05, 0.1) is 31.5 Å². The summed E-state index contributed by atoms with van der Waals surface area (Å²) < 4.78 is 17.2. The van der Waals surface area contributed by atoms with Crippen molar-refractivity contribution in [1.82, 2.24) is 4.90 Å². The average Bonchev–Trinajstić information content (AvgIpc) is 2.98. The van der Waals surface area contributed by atoms with E-state index in [0.29, 0.717) is 19.6 Å². The fourth-order valence-electron chi connectivity index (χ4n) is 3.62. The van der Waals surface area contributed by atoms with Crippen LogP contribution in [0.15, 0.2) is 30.3 Å². The van der Waals surface area contributed by atoms with Gasteiger partial charge in [0.1, 0.15) is 11.6 Å². The van der Waals surface area contributed by atoms with Gasteiger partial charge in [0.2, 0.25) is 0 Å². The quantitative estimate of drug-likeness (QED) is 0.868. The highest BCUT2D eigenvalue weighted by Crippen LogP contribution is 2.35. The van der Waals surface area contributed by atoms with Gasteiger partial charge >= 0.3 is 12.1 Å². The molecule has 2 aliphatic rings. The van der Waals surface area contributed by atoms with E-state index >= 15 is 0 Å². The number of rotatable bonds is 4. The van der Waals surface area contributed by atoms with Crippen LogP contribution in [-0.2, 0) is 25.6 Å². The lowest BCUT2D eigenvalue weighted by Crippen LogP contribution is -2.51. The van der Waals surface area contributed by atoms with E-state index in [0.717, 1.165) is 5.56 Å². The van der Waals surface area contributed by atoms with E-state index < -0.39 is 23.7 Å². The van der Waals surface area contributed by atoms with Gasteiger partial charge in [0, 0.05) is 6.42 Å². The van der Waals surface area contributed by atoms with Crippen LogP contribution in [0.5, 0.6) is 0 Å². The molecule has 4 atom stereocenters. The average molecular weight is 377 g/mol. The molecule has 0 aromatic heterocycles. The third-order valence-corrected chi connectivity index (χ3v) is 4.80. The minimum Gasteiger partial charge on any atom is -0.480 e. The zero-order valence-electron chi connectivity index (χ0n) is 16.0. The number of carbonyl (C=O) groups is 2. The van der Waals surface area contributed by atoms with Crippen LogP contribution in [0, 0.1) is 0 Å². The Labute approximate surface area is 159 Å². The standard InChI is InChI=1S/C20H27NO6/c1-20(2,3)27-19(24)21-15-9-14(25-11-13-7-5-4-6-8-13)12-26-17(15)10-16(21)18(22)23/h4-8,14-17H,9-12H2,1-3H3,(H,22,23)/t14-,15-,16?,17-/m1/s1. The monoisotopic (exact) mass is 377 g/mol. The topological polar surface area (TPSA) is 85.3 Å². The minimum atomic E-state index is -1.04. The van der Waals surface area contributed by atoms with Gasteiger partial charge in [-0.2, -0.15) is 0 Å². The summed E-state index contributed by atoms with van der Waals surface area (Å²) in [7, 11) is 0. The lowest BCUT2D eigenvalue weighted by molar-refractivity contribution is -0.142. The van der Waals surface area contributed by atoms with Crippen LogP contribution in [-0.4, -0.2) is 58.6 Å². The fourth-order valence-corrected chi connectivity index (χ4v) is 3.62. The third kappa shape index (κ3) is 4.78. The Balaban J connectivity index is 1.68. The van der Waals surface area contributed by atoms with Crippen LogP contribution >= 0.6 is 0 Å². The van der Waals surface area contributed by atoms with E-state index in [4.69, 9.17) is 14.2 Å². The van der Waals surface area contributed by atoms with Gasteiger partial charge in [0.25, 0.3) is 0 Å². The molecule has 7 heteroatoms. The maximum Gasteiger partial charge on any atom is 0.411 e. The Hall–Kier alpha value is -2.12. The van der Waals surface area contributed by atoms with Crippen molar-refractivity contribution >= 4 is 12.1 Å². The number of likely N-dealkylation sites (tertiary alicyclic amines) is 1. The van der Waals surface area contributed by atoms with E-state index in [1.54, 1.807) is 20.8 Å². The first-order chi connectivity index (χ1) is 12.7. The van der Waals surface area contributed by atoms with Gasteiger partial charge in [-0.3, -0.25) is 4.90 Å². The molecule has 7 nitrogen and oxygen atoms in total. The largest absolute Gasteiger partial charge is 0.480 e. The molecule has 148 valence electrons. The Morgan fingerprint density at radius 1 is 1.22 bits per heavy atom. The van der Waals surface area contributed by atoms with Gasteiger partial charge in [-0.15, -0.1) is 0 Å². The van der Waals surface area contributed by atoms with Crippen LogP contribution < -0.4 is 0 Å². The summed E-state index contributed by atoms with van der Waals surface area (Å²) in [5, 5.41) is 9.56. The highest BCUT2D eigenvalue weighted by molar-refractivity contribution is 5.81. The number of aliphatic carboxylic acids is 1. The molecule has 2 aliphatic heterocycles. The van der Waals surface area contributed by atoms with E-state index in [2.05, 4.69) is 0 Å². The highest BCUT2D eigenvalue weighted by atomic mass is 16.6. The fraction of sp³-hybridized carbons (Fsp3) is 0.600. The molecule has 2 heterocycles. The molecule has 3 rings (SSSR count). The summed E-state index contributed by atoms with van der Waals surface area (Å²) in [6.07, 6.45) is -0.334. The Morgan fingerprint density at radius 2 is 1.93 bits per heavy atom. The summed E-state index contributed by atoms with van der Waals surface area (Å²) in [6.45, 7) is 6.12. The predicted molar refractivity (Wildman–Crippen MR) is 97.3 cm³/mol. The van der Waals surface area contributed by atoms with Crippen molar-refractivity contribution in [3.8, 4) is 0 Å². The van der Waals surface area contributed by atoms with Crippen LogP contribution in [0.3, 0.4) is 0 Å². The summed E-state index contributed by atoms with van der Waals surface area (Å²) in [5.74, 6) is -1.04. The zero-order valence-corrected chi connectivity index (χ0v) is 16.0. The lowest BCUT2D eigenvalue weighted by Gasteiger charge is -2.37. The maximum atomic E-state index is 12.7. The molecule has 0 radical (unpaired) electrons. The Bertz CT molecular complexity index is 671. The molecule has 2 saturated heterocycles. The second-order valence-electron chi connectivity index (χ2n) is 8.07. The van der Waals surface area contributed by atoms with Gasteiger partial charge in [-0.25, -0.2) is 9.59 Å². The van der Waals surface area contributed by atoms with E-state index in [1.807, 2.05) is 30.3 Å². The van der Waals surface area contributed by atoms with E-state index in [1.165, 1.54) is 4.90 Å². The van der Waals surface area contributed by atoms with Crippen molar-refractivity contribution in [1.29, 1.82) is 0 Å². The molecule has 27 heavy (non-hydrogen) atoms. The number of carboxylic acids is 1. The first-order valence-corrected chi connectivity index (χ1v) is 9.26. The molecular formula is C20H27NO6. The number of carbonyl (C=O) groups excluding carboxylic acids is 1. The highest BCUT2D eigenvalue weighted by Gasteiger charge is 2.51. The number of benzene rings is 1. The molecule has 0 bridgehead atoms. The second kappa shape index (κ2) is 7.86. The lowest BCUT2D eigenvalue weighted by atomic mass is 10.0. The summed E-state index contributed by atoms with van der Waals surface area (Å²) in [5.41, 5.74) is 0.357. The molecule has 1 N–H and O–H groups in total.